The lowest BCUT2D eigenvalue weighted by molar-refractivity contribution is 0.483. The summed E-state index contributed by atoms with van der Waals surface area (Å²) in [6.45, 7) is 3.13. The van der Waals surface area contributed by atoms with Crippen LogP contribution in [-0.2, 0) is 0 Å². The van der Waals surface area contributed by atoms with E-state index < -0.39 is 0 Å². The topological polar surface area (TPSA) is 50.3 Å². The summed E-state index contributed by atoms with van der Waals surface area (Å²) < 4.78 is 5.81. The standard InChI is InChI=1S/C21H24N4O/c1-3-4-16-25(2)21-22-15-14-20(24-21)23-17-10-12-19(13-11-17)26-18-8-6-5-7-9-18/h5-15H,3-4,16H2,1-2H3,(H,22,23,24). The zero-order valence-electron chi connectivity index (χ0n) is 15.2. The van der Waals surface area contributed by atoms with Gasteiger partial charge in [-0.3, -0.25) is 0 Å². The lowest BCUT2D eigenvalue weighted by Gasteiger charge is -2.17. The lowest BCUT2D eigenvalue weighted by atomic mass is 10.3. The Morgan fingerprint density at radius 1 is 0.962 bits per heavy atom. The first-order valence-electron chi connectivity index (χ1n) is 8.89. The Labute approximate surface area is 154 Å². The summed E-state index contributed by atoms with van der Waals surface area (Å²) in [6, 6.07) is 19.4. The molecular formula is C21H24N4O. The van der Waals surface area contributed by atoms with Crippen LogP contribution in [-0.4, -0.2) is 23.6 Å². The summed E-state index contributed by atoms with van der Waals surface area (Å²) in [4.78, 5) is 11.0. The van der Waals surface area contributed by atoms with Gasteiger partial charge in [-0.15, -0.1) is 0 Å². The van der Waals surface area contributed by atoms with Crippen molar-refractivity contribution in [2.75, 3.05) is 23.8 Å². The number of unbranched alkanes of at least 4 members (excludes halogenated alkanes) is 1. The monoisotopic (exact) mass is 348 g/mol. The molecule has 26 heavy (non-hydrogen) atoms. The molecule has 5 heteroatoms. The van der Waals surface area contributed by atoms with Crippen molar-refractivity contribution in [2.45, 2.75) is 19.8 Å². The molecule has 0 radical (unpaired) electrons. The zero-order chi connectivity index (χ0) is 18.2. The van der Waals surface area contributed by atoms with E-state index in [1.54, 1.807) is 6.20 Å². The third-order valence-electron chi connectivity index (χ3n) is 3.94. The van der Waals surface area contributed by atoms with Crippen LogP contribution in [0.1, 0.15) is 19.8 Å². The van der Waals surface area contributed by atoms with Gasteiger partial charge in [-0.2, -0.15) is 4.98 Å². The van der Waals surface area contributed by atoms with Gasteiger partial charge in [-0.1, -0.05) is 31.5 Å². The molecule has 3 aromatic rings. The van der Waals surface area contributed by atoms with Gasteiger partial charge in [0.05, 0.1) is 0 Å². The van der Waals surface area contributed by atoms with Crippen molar-refractivity contribution in [1.29, 1.82) is 0 Å². The Hall–Kier alpha value is -3.08. The molecular weight excluding hydrogens is 324 g/mol. The minimum absolute atomic E-state index is 0.729. The Morgan fingerprint density at radius 3 is 2.42 bits per heavy atom. The third kappa shape index (κ3) is 4.96. The quantitative estimate of drug-likeness (QED) is 0.602. The van der Waals surface area contributed by atoms with E-state index in [4.69, 9.17) is 4.74 Å². The lowest BCUT2D eigenvalue weighted by Crippen LogP contribution is -2.21. The fourth-order valence-corrected chi connectivity index (χ4v) is 2.48. The van der Waals surface area contributed by atoms with E-state index in [2.05, 4.69) is 27.1 Å². The van der Waals surface area contributed by atoms with Crippen molar-refractivity contribution in [3.05, 3.63) is 66.9 Å². The molecule has 0 saturated carbocycles. The number of nitrogens with zero attached hydrogens (tertiary/aromatic N) is 3. The molecule has 134 valence electrons. The molecule has 1 N–H and O–H groups in total. The second-order valence-electron chi connectivity index (χ2n) is 6.08. The van der Waals surface area contributed by atoms with Crippen LogP contribution in [0.15, 0.2) is 66.9 Å². The summed E-state index contributed by atoms with van der Waals surface area (Å²) in [7, 11) is 2.02. The molecule has 0 spiro atoms. The van der Waals surface area contributed by atoms with Gasteiger partial charge in [0.2, 0.25) is 5.95 Å². The van der Waals surface area contributed by atoms with Crippen LogP contribution in [0.5, 0.6) is 11.5 Å². The highest BCUT2D eigenvalue weighted by Gasteiger charge is 2.05. The van der Waals surface area contributed by atoms with E-state index in [1.807, 2.05) is 67.7 Å². The smallest absolute Gasteiger partial charge is 0.227 e. The number of rotatable bonds is 8. The van der Waals surface area contributed by atoms with E-state index in [1.165, 1.54) is 0 Å². The molecule has 0 aliphatic heterocycles. The van der Waals surface area contributed by atoms with Gasteiger partial charge in [0.15, 0.2) is 0 Å². The average Bonchev–Trinajstić information content (AvgIpc) is 2.69. The van der Waals surface area contributed by atoms with Gasteiger partial charge in [0.25, 0.3) is 0 Å². The highest BCUT2D eigenvalue weighted by atomic mass is 16.5. The van der Waals surface area contributed by atoms with Crippen LogP contribution < -0.4 is 15.0 Å². The van der Waals surface area contributed by atoms with Crippen molar-refractivity contribution in [2.24, 2.45) is 0 Å². The second-order valence-corrected chi connectivity index (χ2v) is 6.08. The van der Waals surface area contributed by atoms with Crippen molar-refractivity contribution < 1.29 is 4.74 Å². The minimum Gasteiger partial charge on any atom is -0.457 e. The van der Waals surface area contributed by atoms with E-state index in [0.717, 1.165) is 48.3 Å². The van der Waals surface area contributed by atoms with Gasteiger partial charge in [0.1, 0.15) is 17.3 Å². The highest BCUT2D eigenvalue weighted by Crippen LogP contribution is 2.24. The maximum absolute atomic E-state index is 5.81. The van der Waals surface area contributed by atoms with Crippen LogP contribution in [0, 0.1) is 0 Å². The number of hydrogen-bond acceptors (Lipinski definition) is 5. The largest absolute Gasteiger partial charge is 0.457 e. The number of ether oxygens (including phenoxy) is 1. The highest BCUT2D eigenvalue weighted by molar-refractivity contribution is 5.58. The zero-order valence-corrected chi connectivity index (χ0v) is 15.2. The first kappa shape index (κ1) is 17.7. The van der Waals surface area contributed by atoms with Crippen molar-refractivity contribution in [1.82, 2.24) is 9.97 Å². The van der Waals surface area contributed by atoms with Crippen LogP contribution in [0.4, 0.5) is 17.5 Å². The normalized spacial score (nSPS) is 10.4. The molecule has 5 nitrogen and oxygen atoms in total. The van der Waals surface area contributed by atoms with E-state index >= 15 is 0 Å². The Kier molecular flexibility index (Phi) is 6.04. The Balaban J connectivity index is 1.64. The van der Waals surface area contributed by atoms with Crippen LogP contribution in [0.2, 0.25) is 0 Å². The summed E-state index contributed by atoms with van der Waals surface area (Å²) in [5.41, 5.74) is 0.950. The maximum atomic E-state index is 5.81. The maximum Gasteiger partial charge on any atom is 0.227 e. The van der Waals surface area contributed by atoms with Gasteiger partial charge in [-0.05, 0) is 48.9 Å². The summed E-state index contributed by atoms with van der Waals surface area (Å²) in [5, 5.41) is 3.31. The van der Waals surface area contributed by atoms with Gasteiger partial charge < -0.3 is 15.0 Å². The van der Waals surface area contributed by atoms with Crippen molar-refractivity contribution in [3.8, 4) is 11.5 Å². The SMILES string of the molecule is CCCCN(C)c1nccc(Nc2ccc(Oc3ccccc3)cc2)n1. The van der Waals surface area contributed by atoms with Crippen LogP contribution in [0.3, 0.4) is 0 Å². The number of para-hydroxylation sites is 1. The number of aromatic nitrogens is 2. The molecule has 2 aromatic carbocycles. The number of nitrogens with one attached hydrogen (secondary N) is 1. The predicted octanol–water partition coefficient (Wildman–Crippen LogP) is 5.25. The van der Waals surface area contributed by atoms with Gasteiger partial charge in [-0.25, -0.2) is 4.98 Å². The predicted molar refractivity (Wildman–Crippen MR) is 106 cm³/mol. The molecule has 0 fully saturated rings. The van der Waals surface area contributed by atoms with Crippen molar-refractivity contribution in [3.63, 3.8) is 0 Å². The molecule has 0 unspecified atom stereocenters. The fraction of sp³-hybridized carbons (Fsp3) is 0.238. The molecule has 1 aromatic heterocycles. The Bertz CT molecular complexity index is 806. The second kappa shape index (κ2) is 8.85. The molecule has 0 bridgehead atoms. The summed E-state index contributed by atoms with van der Waals surface area (Å²) >= 11 is 0. The molecule has 0 saturated heterocycles. The fourth-order valence-electron chi connectivity index (χ4n) is 2.48. The number of anilines is 3. The van der Waals surface area contributed by atoms with Crippen molar-refractivity contribution >= 4 is 17.5 Å². The Morgan fingerprint density at radius 2 is 1.69 bits per heavy atom. The first-order chi connectivity index (χ1) is 12.7. The molecule has 3 rings (SSSR count). The number of benzene rings is 2. The first-order valence-corrected chi connectivity index (χ1v) is 8.89. The molecule has 0 atom stereocenters. The van der Waals surface area contributed by atoms with E-state index in [-0.39, 0.29) is 0 Å². The molecule has 0 aliphatic rings. The van der Waals surface area contributed by atoms with E-state index in [9.17, 15) is 0 Å². The van der Waals surface area contributed by atoms with Gasteiger partial charge in [0, 0.05) is 25.5 Å². The summed E-state index contributed by atoms with van der Waals surface area (Å²) in [6.07, 6.45) is 4.06. The number of hydrogen-bond donors (Lipinski definition) is 1. The van der Waals surface area contributed by atoms with Crippen LogP contribution >= 0.6 is 0 Å². The summed E-state index contributed by atoms with van der Waals surface area (Å²) in [5.74, 6) is 3.12. The average molecular weight is 348 g/mol. The molecule has 0 amide bonds. The van der Waals surface area contributed by atoms with Crippen LogP contribution in [0.25, 0.3) is 0 Å². The molecule has 1 heterocycles. The minimum atomic E-state index is 0.729. The van der Waals surface area contributed by atoms with Gasteiger partial charge >= 0.3 is 0 Å². The van der Waals surface area contributed by atoms with E-state index in [0.29, 0.717) is 0 Å². The molecule has 0 aliphatic carbocycles. The third-order valence-corrected chi connectivity index (χ3v) is 3.94.